The van der Waals surface area contributed by atoms with E-state index in [9.17, 15) is 8.42 Å². The lowest BCUT2D eigenvalue weighted by molar-refractivity contribution is 0.592. The molecule has 0 aliphatic heterocycles. The van der Waals surface area contributed by atoms with Crippen LogP contribution in [0.4, 0.5) is 0 Å². The molecule has 15 heavy (non-hydrogen) atoms. The Morgan fingerprint density at radius 2 is 2.00 bits per heavy atom. The summed E-state index contributed by atoms with van der Waals surface area (Å²) in [4.78, 5) is -0.106. The van der Waals surface area contributed by atoms with Crippen molar-refractivity contribution < 1.29 is 8.42 Å². The third-order valence-corrected chi connectivity index (χ3v) is 4.51. The minimum absolute atomic E-state index is 0.0708. The van der Waals surface area contributed by atoms with Gasteiger partial charge in [0, 0.05) is 5.02 Å². The van der Waals surface area contributed by atoms with Gasteiger partial charge in [-0.25, -0.2) is 8.42 Å². The Kier molecular flexibility index (Phi) is 3.61. The fraction of sp³-hybridized carbons (Fsp3) is 0.222. The van der Waals surface area contributed by atoms with E-state index in [1.807, 2.05) is 0 Å². The second kappa shape index (κ2) is 4.40. The molecule has 0 spiro atoms. The predicted octanol–water partition coefficient (Wildman–Crippen LogP) is 2.68. The third-order valence-electron chi connectivity index (χ3n) is 1.85. The molecule has 1 atom stereocenters. The maximum atomic E-state index is 11.8. The van der Waals surface area contributed by atoms with Crippen LogP contribution in [0.2, 0.25) is 10.0 Å². The molecule has 0 aromatic heterocycles. The molecule has 1 unspecified atom stereocenters. The highest BCUT2D eigenvalue weighted by Gasteiger charge is 2.25. The molecule has 3 nitrogen and oxygen atoms in total. The van der Waals surface area contributed by atoms with Gasteiger partial charge in [0.05, 0.1) is 16.0 Å². The summed E-state index contributed by atoms with van der Waals surface area (Å²) in [5, 5.41) is 7.78. The van der Waals surface area contributed by atoms with Crippen LogP contribution in [0.15, 0.2) is 23.1 Å². The van der Waals surface area contributed by atoms with Crippen molar-refractivity contribution in [2.24, 2.45) is 0 Å². The van der Waals surface area contributed by atoms with Crippen molar-refractivity contribution in [3.8, 4) is 6.07 Å². The second-order valence-electron chi connectivity index (χ2n) is 2.89. The van der Waals surface area contributed by atoms with Crippen LogP contribution in [0.5, 0.6) is 0 Å². The quantitative estimate of drug-likeness (QED) is 0.825. The van der Waals surface area contributed by atoms with Crippen molar-refractivity contribution in [2.45, 2.75) is 17.1 Å². The first kappa shape index (κ1) is 12.3. The Balaban J connectivity index is 3.41. The minimum Gasteiger partial charge on any atom is -0.222 e. The van der Waals surface area contributed by atoms with Crippen LogP contribution in [-0.2, 0) is 9.84 Å². The van der Waals surface area contributed by atoms with Gasteiger partial charge >= 0.3 is 0 Å². The second-order valence-corrected chi connectivity index (χ2v) is 5.97. The van der Waals surface area contributed by atoms with Crippen molar-refractivity contribution in [2.75, 3.05) is 0 Å². The zero-order valence-electron chi connectivity index (χ0n) is 7.74. The van der Waals surface area contributed by atoms with E-state index < -0.39 is 15.1 Å². The zero-order valence-corrected chi connectivity index (χ0v) is 10.1. The molecule has 0 saturated carbocycles. The standard InChI is InChI=1S/C9H7Cl2NO2S/c1-6(5-12)15(13,14)9-4-7(10)2-3-8(9)11/h2-4,6H,1H3. The Labute approximate surface area is 98.2 Å². The van der Waals surface area contributed by atoms with E-state index in [2.05, 4.69) is 0 Å². The molecule has 1 aromatic rings. The maximum absolute atomic E-state index is 11.8. The molecule has 1 aromatic carbocycles. The minimum atomic E-state index is -3.72. The number of halogens is 2. The van der Waals surface area contributed by atoms with Crippen molar-refractivity contribution in [1.29, 1.82) is 5.26 Å². The predicted molar refractivity (Wildman–Crippen MR) is 58.7 cm³/mol. The van der Waals surface area contributed by atoms with E-state index in [1.54, 1.807) is 6.07 Å². The number of benzene rings is 1. The smallest absolute Gasteiger partial charge is 0.195 e. The molecule has 0 fully saturated rings. The fourth-order valence-corrected chi connectivity index (χ4v) is 2.78. The van der Waals surface area contributed by atoms with Crippen LogP contribution in [-0.4, -0.2) is 13.7 Å². The molecule has 0 saturated heterocycles. The first-order chi connectivity index (χ1) is 6.89. The molecule has 6 heteroatoms. The topological polar surface area (TPSA) is 57.9 Å². The van der Waals surface area contributed by atoms with E-state index in [0.717, 1.165) is 0 Å². The molecule has 0 amide bonds. The molecule has 0 bridgehead atoms. The lowest BCUT2D eigenvalue weighted by Crippen LogP contribution is -2.16. The summed E-state index contributed by atoms with van der Waals surface area (Å²) in [6.07, 6.45) is 0. The van der Waals surface area contributed by atoms with Gasteiger partial charge in [0.25, 0.3) is 0 Å². The van der Waals surface area contributed by atoms with Crippen LogP contribution < -0.4 is 0 Å². The van der Waals surface area contributed by atoms with E-state index in [0.29, 0.717) is 0 Å². The van der Waals surface area contributed by atoms with Crippen LogP contribution in [0.3, 0.4) is 0 Å². The zero-order chi connectivity index (χ0) is 11.6. The van der Waals surface area contributed by atoms with Gasteiger partial charge in [-0.15, -0.1) is 0 Å². The average Bonchev–Trinajstić information content (AvgIpc) is 2.20. The van der Waals surface area contributed by atoms with Crippen LogP contribution in [0.25, 0.3) is 0 Å². The molecule has 80 valence electrons. The van der Waals surface area contributed by atoms with Crippen molar-refractivity contribution in [3.05, 3.63) is 28.2 Å². The Morgan fingerprint density at radius 3 is 2.53 bits per heavy atom. The summed E-state index contributed by atoms with van der Waals surface area (Å²) in [7, 11) is -3.72. The average molecular weight is 264 g/mol. The van der Waals surface area contributed by atoms with Gasteiger partial charge in [0.1, 0.15) is 5.25 Å². The van der Waals surface area contributed by atoms with Gasteiger partial charge in [0.15, 0.2) is 9.84 Å². The van der Waals surface area contributed by atoms with Crippen LogP contribution in [0, 0.1) is 11.3 Å². The molecule has 1 rings (SSSR count). The van der Waals surface area contributed by atoms with Crippen molar-refractivity contribution >= 4 is 33.0 Å². The number of hydrogen-bond donors (Lipinski definition) is 0. The fourth-order valence-electron chi connectivity index (χ4n) is 0.955. The van der Waals surface area contributed by atoms with Gasteiger partial charge < -0.3 is 0 Å². The van der Waals surface area contributed by atoms with Crippen LogP contribution >= 0.6 is 23.2 Å². The molecular weight excluding hydrogens is 257 g/mol. The summed E-state index contributed by atoms with van der Waals surface area (Å²) >= 11 is 11.4. The van der Waals surface area contributed by atoms with Gasteiger partial charge in [-0.1, -0.05) is 23.2 Å². The highest BCUT2D eigenvalue weighted by molar-refractivity contribution is 7.92. The van der Waals surface area contributed by atoms with E-state index in [1.165, 1.54) is 25.1 Å². The summed E-state index contributed by atoms with van der Waals surface area (Å²) < 4.78 is 23.5. The molecule has 0 aliphatic rings. The molecule has 0 aliphatic carbocycles. The van der Waals surface area contributed by atoms with E-state index in [-0.39, 0.29) is 14.9 Å². The highest BCUT2D eigenvalue weighted by Crippen LogP contribution is 2.27. The van der Waals surface area contributed by atoms with Gasteiger partial charge in [0.2, 0.25) is 0 Å². The Bertz CT molecular complexity index is 519. The SMILES string of the molecule is CC(C#N)S(=O)(=O)c1cc(Cl)ccc1Cl. The Morgan fingerprint density at radius 1 is 1.40 bits per heavy atom. The lowest BCUT2D eigenvalue weighted by atomic mass is 10.4. The monoisotopic (exact) mass is 263 g/mol. The first-order valence-corrected chi connectivity index (χ1v) is 6.28. The number of hydrogen-bond acceptors (Lipinski definition) is 3. The molecule has 0 radical (unpaired) electrons. The maximum Gasteiger partial charge on any atom is 0.195 e. The number of sulfone groups is 1. The Hall–Kier alpha value is -0.760. The van der Waals surface area contributed by atoms with Gasteiger partial charge in [-0.2, -0.15) is 5.26 Å². The largest absolute Gasteiger partial charge is 0.222 e. The highest BCUT2D eigenvalue weighted by atomic mass is 35.5. The molecule has 0 N–H and O–H groups in total. The summed E-state index contributed by atoms with van der Waals surface area (Å²) in [6.45, 7) is 1.30. The normalized spacial score (nSPS) is 13.2. The summed E-state index contributed by atoms with van der Waals surface area (Å²) in [5.74, 6) is 0. The van der Waals surface area contributed by atoms with Crippen molar-refractivity contribution in [1.82, 2.24) is 0 Å². The summed E-state index contributed by atoms with van der Waals surface area (Å²) in [6, 6.07) is 5.78. The first-order valence-electron chi connectivity index (χ1n) is 3.98. The lowest BCUT2D eigenvalue weighted by Gasteiger charge is -2.07. The molecular formula is C9H7Cl2NO2S. The number of nitrogens with zero attached hydrogens (tertiary/aromatic N) is 1. The van der Waals surface area contributed by atoms with Gasteiger partial charge in [-0.05, 0) is 25.1 Å². The third kappa shape index (κ3) is 2.43. The number of nitriles is 1. The molecule has 0 heterocycles. The number of rotatable bonds is 2. The van der Waals surface area contributed by atoms with Gasteiger partial charge in [-0.3, -0.25) is 0 Å². The van der Waals surface area contributed by atoms with Crippen LogP contribution in [0.1, 0.15) is 6.92 Å². The van der Waals surface area contributed by atoms with Crippen molar-refractivity contribution in [3.63, 3.8) is 0 Å². The summed E-state index contributed by atoms with van der Waals surface area (Å²) in [5.41, 5.74) is 0. The van der Waals surface area contributed by atoms with E-state index >= 15 is 0 Å². The van der Waals surface area contributed by atoms with E-state index in [4.69, 9.17) is 28.5 Å².